The second-order valence-electron chi connectivity index (χ2n) is 7.20. The third-order valence-corrected chi connectivity index (χ3v) is 5.42. The van der Waals surface area contributed by atoms with Gasteiger partial charge in [-0.15, -0.1) is 13.2 Å². The molecule has 0 aliphatic carbocycles. The number of likely N-dealkylation sites (tertiary alicyclic amines) is 1. The molecule has 0 spiro atoms. The number of amides is 2. The summed E-state index contributed by atoms with van der Waals surface area (Å²) in [5.41, 5.74) is 1.85. The molecule has 0 bridgehead atoms. The van der Waals surface area contributed by atoms with Crippen LogP contribution in [-0.4, -0.2) is 64.3 Å². The molecule has 4 rings (SSSR count). The van der Waals surface area contributed by atoms with Crippen LogP contribution in [0.5, 0.6) is 0 Å². The van der Waals surface area contributed by atoms with Crippen LogP contribution in [0.1, 0.15) is 23.3 Å². The van der Waals surface area contributed by atoms with Crippen LogP contribution in [0.15, 0.2) is 36.5 Å². The van der Waals surface area contributed by atoms with Crippen molar-refractivity contribution < 1.29 is 27.5 Å². The summed E-state index contributed by atoms with van der Waals surface area (Å²) >= 11 is 0. The normalized spacial score (nSPS) is 15.5. The monoisotopic (exact) mass is 420 g/mol. The first-order valence-corrected chi connectivity index (χ1v) is 9.42. The summed E-state index contributed by atoms with van der Waals surface area (Å²) in [6.07, 6.45) is -4.19. The Morgan fingerprint density at radius 2 is 1.87 bits per heavy atom. The van der Waals surface area contributed by atoms with Gasteiger partial charge in [0.25, 0.3) is 5.91 Å². The third-order valence-electron chi connectivity index (χ3n) is 5.42. The van der Waals surface area contributed by atoms with Gasteiger partial charge in [-0.25, -0.2) is 9.78 Å². The van der Waals surface area contributed by atoms with E-state index in [0.29, 0.717) is 37.1 Å². The summed E-state index contributed by atoms with van der Waals surface area (Å²) in [6.45, 7) is 0.594. The Hall–Kier alpha value is -3.30. The van der Waals surface area contributed by atoms with E-state index in [4.69, 9.17) is 0 Å². The molecule has 30 heavy (non-hydrogen) atoms. The van der Waals surface area contributed by atoms with Gasteiger partial charge in [0.2, 0.25) is 0 Å². The van der Waals surface area contributed by atoms with Crippen LogP contribution in [0.25, 0.3) is 21.8 Å². The Labute approximate surface area is 169 Å². The largest absolute Gasteiger partial charge is 0.576 e. The number of fused-ring (bicyclic) bond motifs is 3. The highest BCUT2D eigenvalue weighted by Crippen LogP contribution is 2.28. The van der Waals surface area contributed by atoms with Crippen molar-refractivity contribution in [3.05, 3.63) is 42.2 Å². The zero-order valence-corrected chi connectivity index (χ0v) is 16.1. The Bertz CT molecular complexity index is 1100. The van der Waals surface area contributed by atoms with Crippen molar-refractivity contribution in [3.63, 3.8) is 0 Å². The maximum Gasteiger partial charge on any atom is 0.576 e. The SMILES string of the molecule is CN(C(=O)OC(F)(F)F)C1CCN(C(=O)c2nccc3c2[nH]c2ccccc23)CC1. The van der Waals surface area contributed by atoms with Crippen LogP contribution in [-0.2, 0) is 4.74 Å². The maximum atomic E-state index is 13.1. The Kier molecular flexibility index (Phi) is 5.00. The zero-order chi connectivity index (χ0) is 21.5. The van der Waals surface area contributed by atoms with Gasteiger partial charge >= 0.3 is 12.5 Å². The van der Waals surface area contributed by atoms with Crippen molar-refractivity contribution >= 4 is 33.8 Å². The van der Waals surface area contributed by atoms with E-state index in [1.807, 2.05) is 30.3 Å². The number of nitrogens with one attached hydrogen (secondary N) is 1. The van der Waals surface area contributed by atoms with Gasteiger partial charge in [-0.2, -0.15) is 0 Å². The fourth-order valence-electron chi connectivity index (χ4n) is 3.86. The summed E-state index contributed by atoms with van der Waals surface area (Å²) in [5.74, 6) is -0.258. The van der Waals surface area contributed by atoms with Gasteiger partial charge in [0.05, 0.1) is 5.52 Å². The van der Waals surface area contributed by atoms with Crippen LogP contribution in [0.2, 0.25) is 0 Å². The molecule has 1 aliphatic rings. The second-order valence-corrected chi connectivity index (χ2v) is 7.20. The number of ether oxygens (including phenoxy) is 1. The van der Waals surface area contributed by atoms with Gasteiger partial charge in [0, 0.05) is 48.7 Å². The number of nitrogens with zero attached hydrogens (tertiary/aromatic N) is 3. The Balaban J connectivity index is 1.48. The molecule has 1 aromatic carbocycles. The van der Waals surface area contributed by atoms with Crippen LogP contribution in [0, 0.1) is 0 Å². The van der Waals surface area contributed by atoms with E-state index in [0.717, 1.165) is 21.2 Å². The average molecular weight is 420 g/mol. The van der Waals surface area contributed by atoms with Gasteiger partial charge in [-0.1, -0.05) is 18.2 Å². The Morgan fingerprint density at radius 3 is 2.57 bits per heavy atom. The number of carbonyl (C=O) groups excluding carboxylic acids is 2. The van der Waals surface area contributed by atoms with E-state index in [9.17, 15) is 22.8 Å². The molecule has 158 valence electrons. The first kappa shape index (κ1) is 20.0. The summed E-state index contributed by atoms with van der Waals surface area (Å²) in [7, 11) is 1.27. The van der Waals surface area contributed by atoms with Crippen molar-refractivity contribution in [3.8, 4) is 0 Å². The van der Waals surface area contributed by atoms with Gasteiger partial charge < -0.3 is 19.5 Å². The van der Waals surface area contributed by atoms with Gasteiger partial charge in [-0.3, -0.25) is 4.79 Å². The van der Waals surface area contributed by atoms with Crippen LogP contribution >= 0.6 is 0 Å². The molecule has 1 fully saturated rings. The number of hydrogen-bond donors (Lipinski definition) is 1. The standard InChI is InChI=1S/C20H19F3N4O3/c1-26(19(29)30-20(21,22)23)12-7-10-27(11-8-12)18(28)17-16-14(6-9-24-17)13-4-2-3-5-15(13)25-16/h2-6,9,12,25H,7-8,10-11H2,1H3. The quantitative estimate of drug-likeness (QED) is 0.682. The topological polar surface area (TPSA) is 78.5 Å². The summed E-state index contributed by atoms with van der Waals surface area (Å²) in [4.78, 5) is 34.7. The van der Waals surface area contributed by atoms with Crippen LogP contribution < -0.4 is 0 Å². The van der Waals surface area contributed by atoms with Crippen molar-refractivity contribution in [1.82, 2.24) is 19.8 Å². The maximum absolute atomic E-state index is 13.1. The molecule has 7 nitrogen and oxygen atoms in total. The minimum Gasteiger partial charge on any atom is -0.356 e. The minimum atomic E-state index is -5.02. The van der Waals surface area contributed by atoms with Gasteiger partial charge in [0.15, 0.2) is 5.69 Å². The number of carbonyl (C=O) groups is 2. The molecule has 0 atom stereocenters. The van der Waals surface area contributed by atoms with E-state index in [-0.39, 0.29) is 5.91 Å². The van der Waals surface area contributed by atoms with Crippen molar-refractivity contribution in [1.29, 1.82) is 0 Å². The summed E-state index contributed by atoms with van der Waals surface area (Å²) in [5, 5.41) is 1.89. The number of para-hydroxylation sites is 1. The molecule has 1 aliphatic heterocycles. The minimum absolute atomic E-state index is 0.258. The van der Waals surface area contributed by atoms with E-state index in [2.05, 4.69) is 14.7 Å². The number of hydrogen-bond acceptors (Lipinski definition) is 4. The predicted molar refractivity (Wildman–Crippen MR) is 103 cm³/mol. The number of piperidine rings is 1. The molecule has 3 heterocycles. The lowest BCUT2D eigenvalue weighted by Crippen LogP contribution is -2.48. The molecule has 3 aromatic rings. The molecule has 0 radical (unpaired) electrons. The van der Waals surface area contributed by atoms with E-state index < -0.39 is 18.5 Å². The Morgan fingerprint density at radius 1 is 1.17 bits per heavy atom. The molecule has 0 unspecified atom stereocenters. The highest BCUT2D eigenvalue weighted by molar-refractivity contribution is 6.13. The molecule has 2 amide bonds. The molecular formula is C20H19F3N4O3. The fourth-order valence-corrected chi connectivity index (χ4v) is 3.86. The van der Waals surface area contributed by atoms with Crippen molar-refractivity contribution in [2.45, 2.75) is 25.2 Å². The smallest absolute Gasteiger partial charge is 0.356 e. The number of pyridine rings is 1. The predicted octanol–water partition coefficient (Wildman–Crippen LogP) is 3.91. The van der Waals surface area contributed by atoms with Gasteiger partial charge in [0.1, 0.15) is 0 Å². The number of H-pyrrole nitrogens is 1. The summed E-state index contributed by atoms with van der Waals surface area (Å²) in [6, 6.07) is 9.11. The highest BCUT2D eigenvalue weighted by atomic mass is 19.4. The first-order chi connectivity index (χ1) is 14.2. The highest BCUT2D eigenvalue weighted by Gasteiger charge is 2.37. The molecular weight excluding hydrogens is 401 g/mol. The number of halogens is 3. The molecule has 1 saturated heterocycles. The number of benzene rings is 1. The molecule has 1 N–H and O–H groups in total. The van der Waals surface area contributed by atoms with Crippen molar-refractivity contribution in [2.75, 3.05) is 20.1 Å². The number of rotatable bonds is 2. The summed E-state index contributed by atoms with van der Waals surface area (Å²) < 4.78 is 40.2. The van der Waals surface area contributed by atoms with E-state index in [1.165, 1.54) is 7.05 Å². The van der Waals surface area contributed by atoms with Crippen molar-refractivity contribution in [2.24, 2.45) is 0 Å². The molecule has 2 aromatic heterocycles. The lowest BCUT2D eigenvalue weighted by atomic mass is 10.0. The number of alkyl halides is 3. The van der Waals surface area contributed by atoms with Crippen LogP contribution in [0.3, 0.4) is 0 Å². The zero-order valence-electron chi connectivity index (χ0n) is 16.1. The van der Waals surface area contributed by atoms with E-state index >= 15 is 0 Å². The second kappa shape index (κ2) is 7.51. The lowest BCUT2D eigenvalue weighted by molar-refractivity contribution is -0.295. The van der Waals surface area contributed by atoms with Gasteiger partial charge in [-0.05, 0) is 25.0 Å². The molecule has 10 heteroatoms. The van der Waals surface area contributed by atoms with Crippen LogP contribution in [0.4, 0.5) is 18.0 Å². The average Bonchev–Trinajstić information content (AvgIpc) is 3.10. The number of aromatic amines is 1. The van der Waals surface area contributed by atoms with E-state index in [1.54, 1.807) is 11.1 Å². The fraction of sp³-hybridized carbons (Fsp3) is 0.350. The first-order valence-electron chi connectivity index (χ1n) is 9.42. The molecule has 0 saturated carbocycles. The third kappa shape index (κ3) is 3.77. The number of aromatic nitrogens is 2. The lowest BCUT2D eigenvalue weighted by Gasteiger charge is -2.36.